The summed E-state index contributed by atoms with van der Waals surface area (Å²) in [6.45, 7) is 7.18. The Hall–Kier alpha value is 0.250. The molecule has 0 N–H and O–H groups in total. The molecule has 16 heavy (non-hydrogen) atoms. The Kier molecular flexibility index (Phi) is 10.6. The van der Waals surface area contributed by atoms with Crippen molar-refractivity contribution in [3.05, 3.63) is 0 Å². The Labute approximate surface area is 107 Å². The van der Waals surface area contributed by atoms with Crippen LogP contribution in [-0.2, 0) is 4.74 Å². The summed E-state index contributed by atoms with van der Waals surface area (Å²) in [5, 5.41) is 0. The summed E-state index contributed by atoms with van der Waals surface area (Å²) < 4.78 is 5.69. The zero-order valence-electron chi connectivity index (χ0n) is 11.4. The van der Waals surface area contributed by atoms with E-state index in [1.165, 1.54) is 44.9 Å². The third kappa shape index (κ3) is 8.41. The zero-order chi connectivity index (χ0) is 12.3. The summed E-state index contributed by atoms with van der Waals surface area (Å²) in [4.78, 5) is 0. The van der Waals surface area contributed by atoms with Crippen molar-refractivity contribution in [1.82, 2.24) is 0 Å². The average Bonchev–Trinajstić information content (AvgIpc) is 2.28. The predicted octanol–water partition coefficient (Wildman–Crippen LogP) is 5.16. The second-order valence-electron chi connectivity index (χ2n) is 4.89. The first kappa shape index (κ1) is 16.2. The van der Waals surface area contributed by atoms with Crippen LogP contribution in [0, 0.1) is 0 Å². The van der Waals surface area contributed by atoms with E-state index in [4.69, 9.17) is 16.3 Å². The molecule has 0 rings (SSSR count). The lowest BCUT2D eigenvalue weighted by molar-refractivity contribution is -0.0149. The van der Waals surface area contributed by atoms with E-state index in [1.54, 1.807) is 0 Å². The smallest absolute Gasteiger partial charge is 0.0789 e. The van der Waals surface area contributed by atoms with Crippen LogP contribution in [0.3, 0.4) is 0 Å². The van der Waals surface area contributed by atoms with Crippen molar-refractivity contribution in [2.24, 2.45) is 0 Å². The molecule has 0 aromatic carbocycles. The third-order valence-electron chi connectivity index (χ3n) is 3.08. The van der Waals surface area contributed by atoms with Gasteiger partial charge < -0.3 is 4.74 Å². The fourth-order valence-electron chi connectivity index (χ4n) is 1.98. The van der Waals surface area contributed by atoms with Crippen molar-refractivity contribution < 1.29 is 4.74 Å². The SMILES string of the molecule is CCCCCCCCCC(C)(CCl)OCC. The van der Waals surface area contributed by atoms with Gasteiger partial charge in [0.1, 0.15) is 0 Å². The van der Waals surface area contributed by atoms with E-state index >= 15 is 0 Å². The van der Waals surface area contributed by atoms with Crippen LogP contribution in [0.4, 0.5) is 0 Å². The Bertz CT molecular complexity index is 150. The molecule has 0 bridgehead atoms. The standard InChI is InChI=1S/C14H29ClO/c1-4-6-7-8-9-10-11-12-14(3,13-15)16-5-2/h4-13H2,1-3H3. The number of unbranched alkanes of at least 4 members (excludes halogenated alkanes) is 6. The molecular formula is C14H29ClO. The van der Waals surface area contributed by atoms with Crippen molar-refractivity contribution in [2.75, 3.05) is 12.5 Å². The van der Waals surface area contributed by atoms with Gasteiger partial charge in [-0.05, 0) is 20.3 Å². The van der Waals surface area contributed by atoms with E-state index in [9.17, 15) is 0 Å². The number of hydrogen-bond donors (Lipinski definition) is 0. The summed E-state index contributed by atoms with van der Waals surface area (Å²) >= 11 is 5.94. The molecule has 0 aliphatic rings. The predicted molar refractivity (Wildman–Crippen MR) is 73.4 cm³/mol. The van der Waals surface area contributed by atoms with E-state index in [1.807, 2.05) is 6.92 Å². The number of halogens is 1. The van der Waals surface area contributed by atoms with Crippen molar-refractivity contribution in [1.29, 1.82) is 0 Å². The van der Waals surface area contributed by atoms with Gasteiger partial charge in [-0.25, -0.2) is 0 Å². The number of alkyl halides is 1. The lowest BCUT2D eigenvalue weighted by Crippen LogP contribution is -2.30. The largest absolute Gasteiger partial charge is 0.374 e. The van der Waals surface area contributed by atoms with E-state index < -0.39 is 0 Å². The second-order valence-corrected chi connectivity index (χ2v) is 5.16. The molecule has 0 radical (unpaired) electrons. The minimum Gasteiger partial charge on any atom is -0.374 e. The first-order chi connectivity index (χ1) is 7.68. The van der Waals surface area contributed by atoms with Crippen LogP contribution in [0.25, 0.3) is 0 Å². The molecule has 0 saturated heterocycles. The van der Waals surface area contributed by atoms with Gasteiger partial charge in [-0.2, -0.15) is 0 Å². The van der Waals surface area contributed by atoms with Gasteiger partial charge >= 0.3 is 0 Å². The molecule has 0 fully saturated rings. The number of ether oxygens (including phenoxy) is 1. The van der Waals surface area contributed by atoms with Gasteiger partial charge in [-0.15, -0.1) is 11.6 Å². The normalized spacial score (nSPS) is 15.0. The van der Waals surface area contributed by atoms with Crippen LogP contribution in [-0.4, -0.2) is 18.1 Å². The van der Waals surface area contributed by atoms with Gasteiger partial charge in [-0.1, -0.05) is 51.9 Å². The molecule has 0 heterocycles. The summed E-state index contributed by atoms with van der Waals surface area (Å²) in [5.74, 6) is 0.608. The van der Waals surface area contributed by atoms with Crippen LogP contribution in [0.2, 0.25) is 0 Å². The topological polar surface area (TPSA) is 9.23 Å². The van der Waals surface area contributed by atoms with Crippen molar-refractivity contribution in [3.8, 4) is 0 Å². The van der Waals surface area contributed by atoms with Crippen LogP contribution >= 0.6 is 11.6 Å². The molecule has 1 atom stereocenters. The molecular weight excluding hydrogens is 220 g/mol. The highest BCUT2D eigenvalue weighted by Gasteiger charge is 2.22. The van der Waals surface area contributed by atoms with Crippen molar-refractivity contribution in [2.45, 2.75) is 77.7 Å². The molecule has 0 aromatic heterocycles. The Balaban J connectivity index is 3.41. The molecule has 0 saturated carbocycles. The molecule has 0 aliphatic heterocycles. The molecule has 0 aliphatic carbocycles. The van der Waals surface area contributed by atoms with Gasteiger partial charge in [0.25, 0.3) is 0 Å². The monoisotopic (exact) mass is 248 g/mol. The first-order valence-electron chi connectivity index (χ1n) is 6.88. The van der Waals surface area contributed by atoms with Crippen molar-refractivity contribution in [3.63, 3.8) is 0 Å². The minimum absolute atomic E-state index is 0.0975. The highest BCUT2D eigenvalue weighted by molar-refractivity contribution is 6.18. The molecule has 1 nitrogen and oxygen atoms in total. The second kappa shape index (κ2) is 10.4. The quantitative estimate of drug-likeness (QED) is 0.362. The Morgan fingerprint density at radius 2 is 1.50 bits per heavy atom. The first-order valence-corrected chi connectivity index (χ1v) is 7.42. The third-order valence-corrected chi connectivity index (χ3v) is 3.65. The summed E-state index contributed by atoms with van der Waals surface area (Å²) in [5.41, 5.74) is -0.0975. The highest BCUT2D eigenvalue weighted by atomic mass is 35.5. The average molecular weight is 249 g/mol. The molecule has 2 heteroatoms. The molecule has 0 spiro atoms. The van der Waals surface area contributed by atoms with Gasteiger partial charge in [0.2, 0.25) is 0 Å². The zero-order valence-corrected chi connectivity index (χ0v) is 12.1. The maximum Gasteiger partial charge on any atom is 0.0789 e. The van der Waals surface area contributed by atoms with Crippen LogP contribution in [0.15, 0.2) is 0 Å². The van der Waals surface area contributed by atoms with Gasteiger partial charge in [0.15, 0.2) is 0 Å². The van der Waals surface area contributed by atoms with E-state index in [0.717, 1.165) is 13.0 Å². The van der Waals surface area contributed by atoms with Gasteiger partial charge in [0, 0.05) is 6.61 Å². The van der Waals surface area contributed by atoms with Gasteiger partial charge in [0.05, 0.1) is 11.5 Å². The number of hydrogen-bond acceptors (Lipinski definition) is 1. The summed E-state index contributed by atoms with van der Waals surface area (Å²) in [7, 11) is 0. The fourth-order valence-corrected chi connectivity index (χ4v) is 2.19. The maximum absolute atomic E-state index is 5.94. The Morgan fingerprint density at radius 1 is 0.938 bits per heavy atom. The van der Waals surface area contributed by atoms with E-state index in [0.29, 0.717) is 5.88 Å². The minimum atomic E-state index is -0.0975. The van der Waals surface area contributed by atoms with Crippen LogP contribution < -0.4 is 0 Å². The summed E-state index contributed by atoms with van der Waals surface area (Å²) in [6.07, 6.45) is 10.5. The fraction of sp³-hybridized carbons (Fsp3) is 1.00. The van der Waals surface area contributed by atoms with E-state index in [-0.39, 0.29) is 5.60 Å². The summed E-state index contributed by atoms with van der Waals surface area (Å²) in [6, 6.07) is 0. The van der Waals surface area contributed by atoms with Gasteiger partial charge in [-0.3, -0.25) is 0 Å². The molecule has 1 unspecified atom stereocenters. The molecule has 0 aromatic rings. The molecule has 98 valence electrons. The number of rotatable bonds is 11. The highest BCUT2D eigenvalue weighted by Crippen LogP contribution is 2.21. The Morgan fingerprint density at radius 3 is 2.00 bits per heavy atom. The van der Waals surface area contributed by atoms with Crippen LogP contribution in [0.1, 0.15) is 72.1 Å². The molecule has 0 amide bonds. The maximum atomic E-state index is 5.94. The van der Waals surface area contributed by atoms with Crippen molar-refractivity contribution >= 4 is 11.6 Å². The lowest BCUT2D eigenvalue weighted by atomic mass is 9.99. The van der Waals surface area contributed by atoms with Crippen LogP contribution in [0.5, 0.6) is 0 Å². The lowest BCUT2D eigenvalue weighted by Gasteiger charge is -2.27. The van der Waals surface area contributed by atoms with E-state index in [2.05, 4.69) is 13.8 Å².